The Balaban J connectivity index is 1.34. The second-order valence-electron chi connectivity index (χ2n) is 15.3. The minimum absolute atomic E-state index is 0.0804. The summed E-state index contributed by atoms with van der Waals surface area (Å²) in [5.74, 6) is -3.23. The number of rotatable bonds is 10. The summed E-state index contributed by atoms with van der Waals surface area (Å²) in [5, 5.41) is 130. The Kier molecular flexibility index (Phi) is 10.1. The number of phenols is 12. The molecule has 0 fully saturated rings. The van der Waals surface area contributed by atoms with E-state index >= 15 is 0 Å². The summed E-state index contributed by atoms with van der Waals surface area (Å²) in [7, 11) is 0. The first-order valence-electron chi connectivity index (χ1n) is 19.1. The van der Waals surface area contributed by atoms with Crippen molar-refractivity contribution >= 4 is 21.5 Å². The van der Waals surface area contributed by atoms with Gasteiger partial charge in [-0.3, -0.25) is 0 Å². The normalized spacial score (nSPS) is 11.4. The summed E-state index contributed by atoms with van der Waals surface area (Å²) >= 11 is 0. The summed E-state index contributed by atoms with van der Waals surface area (Å²) < 4.78 is 0. The minimum atomic E-state index is -0.354. The topological polar surface area (TPSA) is 243 Å². The number of hydrogen-bond donors (Lipinski definition) is 12. The standard InChI is InChI=1S/C49H40O12/c50-33-19-28(9-24-1-5-39(51)44(56)13-24)34-20-32(12-27-4-8-42(54)47(59)16-27)49(61)38(36(34)21-33)22-37-35-23-43(55)30(10-25-2-6-40(52)45(57)14-25)17-29(35)18-31(48(37)60)11-26-3-7-41(53)46(58)15-26/h1-8,13-21,23,50-61H,9-12,22H2. The third kappa shape index (κ3) is 7.89. The molecule has 0 saturated carbocycles. The molecule has 0 spiro atoms. The van der Waals surface area contributed by atoms with Gasteiger partial charge in [0.2, 0.25) is 0 Å². The number of fused-ring (bicyclic) bond motifs is 2. The summed E-state index contributed by atoms with van der Waals surface area (Å²) in [6.45, 7) is 0. The highest BCUT2D eigenvalue weighted by Crippen LogP contribution is 2.44. The van der Waals surface area contributed by atoms with Crippen molar-refractivity contribution in [2.45, 2.75) is 32.1 Å². The first kappa shape index (κ1) is 39.7. The maximum absolute atomic E-state index is 12.2. The van der Waals surface area contributed by atoms with Crippen LogP contribution in [0, 0.1) is 0 Å². The lowest BCUT2D eigenvalue weighted by atomic mass is 9.86. The molecular formula is C49H40O12. The summed E-state index contributed by atoms with van der Waals surface area (Å²) in [6.07, 6.45) is 0.361. The largest absolute Gasteiger partial charge is 0.508 e. The highest BCUT2D eigenvalue weighted by atomic mass is 16.3. The molecule has 0 aromatic heterocycles. The van der Waals surface area contributed by atoms with Crippen molar-refractivity contribution in [3.63, 3.8) is 0 Å². The molecule has 0 heterocycles. The van der Waals surface area contributed by atoms with Crippen LogP contribution in [0.5, 0.6) is 69.0 Å². The Bertz CT molecular complexity index is 3040. The lowest BCUT2D eigenvalue weighted by molar-refractivity contribution is 0.403. The van der Waals surface area contributed by atoms with Gasteiger partial charge in [-0.1, -0.05) is 24.3 Å². The van der Waals surface area contributed by atoms with Crippen LogP contribution in [0.25, 0.3) is 21.5 Å². The van der Waals surface area contributed by atoms with Gasteiger partial charge in [0.25, 0.3) is 0 Å². The monoisotopic (exact) mass is 820 g/mol. The smallest absolute Gasteiger partial charge is 0.157 e. The molecular weight excluding hydrogens is 781 g/mol. The van der Waals surface area contributed by atoms with E-state index in [9.17, 15) is 61.3 Å². The Morgan fingerprint density at radius 2 is 0.656 bits per heavy atom. The van der Waals surface area contributed by atoms with Crippen molar-refractivity contribution in [3.05, 3.63) is 165 Å². The summed E-state index contributed by atoms with van der Waals surface area (Å²) in [5.41, 5.74) is 4.74. The van der Waals surface area contributed by atoms with Gasteiger partial charge < -0.3 is 61.3 Å². The van der Waals surface area contributed by atoms with Crippen molar-refractivity contribution in [2.75, 3.05) is 0 Å². The van der Waals surface area contributed by atoms with Crippen molar-refractivity contribution < 1.29 is 61.3 Å². The quantitative estimate of drug-likeness (QED) is 0.0582. The zero-order valence-electron chi connectivity index (χ0n) is 32.3. The Hall–Kier alpha value is -8.12. The molecule has 12 nitrogen and oxygen atoms in total. The van der Waals surface area contributed by atoms with Crippen LogP contribution in [0.15, 0.2) is 109 Å². The number of phenolic OH excluding ortho intramolecular Hbond substituents is 12. The third-order valence-electron chi connectivity index (χ3n) is 11.1. The fourth-order valence-electron chi connectivity index (χ4n) is 7.98. The van der Waals surface area contributed by atoms with Crippen LogP contribution in [0.3, 0.4) is 0 Å². The molecule has 0 radical (unpaired) electrons. The maximum Gasteiger partial charge on any atom is 0.157 e. The van der Waals surface area contributed by atoms with Crippen molar-refractivity contribution in [1.29, 1.82) is 0 Å². The summed E-state index contributed by atoms with van der Waals surface area (Å²) in [4.78, 5) is 0. The molecule has 0 amide bonds. The van der Waals surface area contributed by atoms with Gasteiger partial charge in [-0.15, -0.1) is 0 Å². The van der Waals surface area contributed by atoms with Gasteiger partial charge in [0.05, 0.1) is 0 Å². The SMILES string of the molecule is Oc1cc(Cc2ccc(O)c(O)c2)c2cc(Cc3ccc(O)c(O)c3)c(O)c(Cc3c(O)c(Cc4ccc(O)c(O)c4)cc4cc(Cc5ccc(O)c(O)c5)c(O)cc34)c2c1. The highest BCUT2D eigenvalue weighted by Gasteiger charge is 2.23. The zero-order chi connectivity index (χ0) is 43.3. The average Bonchev–Trinajstić information content (AvgIpc) is 3.21. The molecule has 0 unspecified atom stereocenters. The molecule has 61 heavy (non-hydrogen) atoms. The first-order valence-corrected chi connectivity index (χ1v) is 19.1. The van der Waals surface area contributed by atoms with Gasteiger partial charge in [0.15, 0.2) is 46.0 Å². The fourth-order valence-corrected chi connectivity index (χ4v) is 7.98. The number of hydrogen-bond acceptors (Lipinski definition) is 12. The van der Waals surface area contributed by atoms with Gasteiger partial charge >= 0.3 is 0 Å². The van der Waals surface area contributed by atoms with Crippen LogP contribution < -0.4 is 0 Å². The molecule has 0 atom stereocenters. The molecule has 0 aliphatic rings. The molecule has 0 aliphatic heterocycles. The lowest BCUT2D eigenvalue weighted by Gasteiger charge is -2.20. The molecule has 12 N–H and O–H groups in total. The summed E-state index contributed by atoms with van der Waals surface area (Å²) in [6, 6.07) is 27.1. The molecule has 8 aromatic rings. The van der Waals surface area contributed by atoms with Gasteiger partial charge in [-0.25, -0.2) is 0 Å². The second-order valence-corrected chi connectivity index (χ2v) is 15.3. The van der Waals surface area contributed by atoms with Crippen LogP contribution in [0.1, 0.15) is 55.6 Å². The lowest BCUT2D eigenvalue weighted by Crippen LogP contribution is -2.02. The van der Waals surface area contributed by atoms with E-state index in [1.54, 1.807) is 48.5 Å². The van der Waals surface area contributed by atoms with Crippen LogP contribution in [0.2, 0.25) is 0 Å². The van der Waals surface area contributed by atoms with Gasteiger partial charge in [0, 0.05) is 36.8 Å². The van der Waals surface area contributed by atoms with Crippen molar-refractivity contribution in [1.82, 2.24) is 0 Å². The molecule has 8 aromatic carbocycles. The Labute approximate surface area is 347 Å². The molecule has 0 aliphatic carbocycles. The minimum Gasteiger partial charge on any atom is -0.508 e. The van der Waals surface area contributed by atoms with Gasteiger partial charge in [-0.2, -0.15) is 0 Å². The highest BCUT2D eigenvalue weighted by molar-refractivity contribution is 5.96. The van der Waals surface area contributed by atoms with Gasteiger partial charge in [-0.05, 0) is 157 Å². The zero-order valence-corrected chi connectivity index (χ0v) is 32.3. The van der Waals surface area contributed by atoms with Crippen LogP contribution in [-0.2, 0) is 32.1 Å². The molecule has 12 heteroatoms. The fraction of sp³-hybridized carbons (Fsp3) is 0.102. The van der Waals surface area contributed by atoms with E-state index in [-0.39, 0.29) is 101 Å². The van der Waals surface area contributed by atoms with E-state index < -0.39 is 0 Å². The average molecular weight is 821 g/mol. The van der Waals surface area contributed by atoms with Crippen molar-refractivity contribution in [3.8, 4) is 69.0 Å². The second kappa shape index (κ2) is 15.6. The number of aromatic hydroxyl groups is 12. The maximum atomic E-state index is 12.2. The Morgan fingerprint density at radius 3 is 1.11 bits per heavy atom. The third-order valence-corrected chi connectivity index (χ3v) is 11.1. The van der Waals surface area contributed by atoms with E-state index in [2.05, 4.69) is 0 Å². The van der Waals surface area contributed by atoms with Crippen LogP contribution in [0.4, 0.5) is 0 Å². The first-order chi connectivity index (χ1) is 29.1. The Morgan fingerprint density at radius 1 is 0.262 bits per heavy atom. The molecule has 8 rings (SSSR count). The van der Waals surface area contributed by atoms with Crippen LogP contribution in [-0.4, -0.2) is 61.3 Å². The number of benzene rings is 8. The van der Waals surface area contributed by atoms with E-state index in [4.69, 9.17) is 0 Å². The van der Waals surface area contributed by atoms with Gasteiger partial charge in [0.1, 0.15) is 23.0 Å². The van der Waals surface area contributed by atoms with E-state index in [1.165, 1.54) is 60.7 Å². The molecule has 308 valence electrons. The van der Waals surface area contributed by atoms with E-state index in [0.29, 0.717) is 77.2 Å². The molecule has 0 bridgehead atoms. The van der Waals surface area contributed by atoms with E-state index in [0.717, 1.165) is 0 Å². The predicted molar refractivity (Wildman–Crippen MR) is 228 cm³/mol. The van der Waals surface area contributed by atoms with Crippen LogP contribution >= 0.6 is 0 Å². The van der Waals surface area contributed by atoms with Crippen molar-refractivity contribution in [2.24, 2.45) is 0 Å². The van der Waals surface area contributed by atoms with E-state index in [1.807, 2.05) is 0 Å². The predicted octanol–water partition coefficient (Wildman–Crippen LogP) is 8.41. The molecule has 0 saturated heterocycles.